The van der Waals surface area contributed by atoms with Crippen LogP contribution in [0.5, 0.6) is 5.75 Å². The molecule has 0 radical (unpaired) electrons. The van der Waals surface area contributed by atoms with E-state index in [-0.39, 0.29) is 5.41 Å². The second kappa shape index (κ2) is 9.70. The zero-order chi connectivity index (χ0) is 16.4. The number of hydrogen-bond donors (Lipinski definition) is 1. The lowest BCUT2D eigenvalue weighted by Crippen LogP contribution is -2.28. The van der Waals surface area contributed by atoms with Gasteiger partial charge in [0.25, 0.3) is 0 Å². The van der Waals surface area contributed by atoms with Crippen LogP contribution in [0.3, 0.4) is 0 Å². The number of hydrogen-bond acceptors (Lipinski definition) is 3. The number of benzene rings is 1. The van der Waals surface area contributed by atoms with E-state index in [2.05, 4.69) is 19.2 Å². The zero-order valence-electron chi connectivity index (χ0n) is 13.7. The van der Waals surface area contributed by atoms with E-state index in [1.165, 1.54) is 5.56 Å². The monoisotopic (exact) mass is 327 g/mol. The summed E-state index contributed by atoms with van der Waals surface area (Å²) >= 11 is 6.16. The van der Waals surface area contributed by atoms with Gasteiger partial charge in [0, 0.05) is 26.7 Å². The van der Waals surface area contributed by atoms with Crippen molar-refractivity contribution in [3.63, 3.8) is 0 Å². The lowest BCUT2D eigenvalue weighted by atomic mass is 9.86. The molecule has 1 N–H and O–H groups in total. The van der Waals surface area contributed by atoms with E-state index in [1.807, 2.05) is 18.2 Å². The molecule has 0 bridgehead atoms. The third kappa shape index (κ3) is 7.14. The maximum atomic E-state index is 10.4. The number of nitrogens with one attached hydrogen (secondary N) is 1. The second-order valence-corrected chi connectivity index (χ2v) is 6.53. The molecule has 124 valence electrons. The highest BCUT2D eigenvalue weighted by Crippen LogP contribution is 2.28. The van der Waals surface area contributed by atoms with E-state index >= 15 is 0 Å². The topological polar surface area (TPSA) is 47.6 Å². The molecule has 22 heavy (non-hydrogen) atoms. The largest absolute Gasteiger partial charge is 0.492 e. The Labute approximate surface area is 138 Å². The van der Waals surface area contributed by atoms with E-state index in [0.29, 0.717) is 24.8 Å². The van der Waals surface area contributed by atoms with Gasteiger partial charge in [0.2, 0.25) is 6.41 Å². The van der Waals surface area contributed by atoms with E-state index in [0.717, 1.165) is 31.4 Å². The summed E-state index contributed by atoms with van der Waals surface area (Å²) in [6.45, 7) is 6.22. The minimum absolute atomic E-state index is 0.0556. The Morgan fingerprint density at radius 2 is 2.09 bits per heavy atom. The molecule has 0 saturated carbocycles. The van der Waals surface area contributed by atoms with Crippen molar-refractivity contribution in [3.05, 3.63) is 28.8 Å². The molecule has 0 heterocycles. The SMILES string of the molecule is COCCCOc1cc(CCC(C)(C)CNC=O)ccc1Cl. The molecule has 5 heteroatoms. The van der Waals surface area contributed by atoms with Crippen molar-refractivity contribution in [2.45, 2.75) is 33.1 Å². The van der Waals surface area contributed by atoms with E-state index in [9.17, 15) is 4.79 Å². The molecule has 1 rings (SSSR count). The predicted octanol–water partition coefficient (Wildman–Crippen LogP) is 3.46. The molecule has 1 aromatic rings. The van der Waals surface area contributed by atoms with Crippen LogP contribution in [0.15, 0.2) is 18.2 Å². The second-order valence-electron chi connectivity index (χ2n) is 6.12. The highest BCUT2D eigenvalue weighted by atomic mass is 35.5. The van der Waals surface area contributed by atoms with E-state index in [1.54, 1.807) is 7.11 Å². The van der Waals surface area contributed by atoms with Crippen molar-refractivity contribution in [1.29, 1.82) is 0 Å². The van der Waals surface area contributed by atoms with Gasteiger partial charge in [-0.05, 0) is 36.0 Å². The fourth-order valence-electron chi connectivity index (χ4n) is 2.09. The molecule has 4 nitrogen and oxygen atoms in total. The molecule has 0 saturated heterocycles. The van der Waals surface area contributed by atoms with Gasteiger partial charge in [-0.1, -0.05) is 31.5 Å². The van der Waals surface area contributed by atoms with Crippen molar-refractivity contribution >= 4 is 18.0 Å². The highest BCUT2D eigenvalue weighted by Gasteiger charge is 2.17. The van der Waals surface area contributed by atoms with Gasteiger partial charge >= 0.3 is 0 Å². The van der Waals surface area contributed by atoms with Crippen LogP contribution < -0.4 is 10.1 Å². The molecule has 0 aliphatic heterocycles. The van der Waals surface area contributed by atoms with Crippen molar-refractivity contribution in [2.75, 3.05) is 26.9 Å². The number of halogens is 1. The van der Waals surface area contributed by atoms with Crippen LogP contribution in [0.2, 0.25) is 5.02 Å². The summed E-state index contributed by atoms with van der Waals surface area (Å²) < 4.78 is 10.7. The summed E-state index contributed by atoms with van der Waals surface area (Å²) in [4.78, 5) is 10.4. The lowest BCUT2D eigenvalue weighted by Gasteiger charge is -2.24. The van der Waals surface area contributed by atoms with Gasteiger partial charge < -0.3 is 14.8 Å². The van der Waals surface area contributed by atoms with Crippen molar-refractivity contribution in [3.8, 4) is 5.75 Å². The first-order chi connectivity index (χ1) is 10.5. The van der Waals surface area contributed by atoms with Gasteiger partial charge in [-0.25, -0.2) is 0 Å². The first-order valence-electron chi connectivity index (χ1n) is 7.56. The number of ether oxygens (including phenoxy) is 2. The predicted molar refractivity (Wildman–Crippen MR) is 89.6 cm³/mol. The van der Waals surface area contributed by atoms with Crippen LogP contribution >= 0.6 is 11.6 Å². The molecular formula is C17H26ClNO3. The first-order valence-corrected chi connectivity index (χ1v) is 7.93. The van der Waals surface area contributed by atoms with Gasteiger partial charge in [-0.2, -0.15) is 0 Å². The minimum Gasteiger partial charge on any atom is -0.492 e. The van der Waals surface area contributed by atoms with Crippen LogP contribution in [-0.4, -0.2) is 33.3 Å². The van der Waals surface area contributed by atoms with E-state index in [4.69, 9.17) is 21.1 Å². The maximum Gasteiger partial charge on any atom is 0.207 e. The standard InChI is InChI=1S/C17H26ClNO3/c1-17(2,12-19-13-20)8-7-14-5-6-15(18)16(11-14)22-10-4-9-21-3/h5-6,11,13H,4,7-10,12H2,1-3H3,(H,19,20). The smallest absolute Gasteiger partial charge is 0.207 e. The van der Waals surface area contributed by atoms with Gasteiger partial charge in [-0.3, -0.25) is 4.79 Å². The molecule has 0 aliphatic rings. The average Bonchev–Trinajstić information content (AvgIpc) is 2.50. The van der Waals surface area contributed by atoms with Crippen LogP contribution in [-0.2, 0) is 16.0 Å². The fraction of sp³-hybridized carbons (Fsp3) is 0.588. The molecule has 1 aromatic carbocycles. The third-order valence-electron chi connectivity index (χ3n) is 3.50. The molecule has 1 amide bonds. The molecule has 0 unspecified atom stereocenters. The maximum absolute atomic E-state index is 10.4. The zero-order valence-corrected chi connectivity index (χ0v) is 14.4. The Morgan fingerprint density at radius 3 is 2.77 bits per heavy atom. The average molecular weight is 328 g/mol. The summed E-state index contributed by atoms with van der Waals surface area (Å²) in [6, 6.07) is 5.89. The fourth-order valence-corrected chi connectivity index (χ4v) is 2.26. The third-order valence-corrected chi connectivity index (χ3v) is 3.81. The number of aryl methyl sites for hydroxylation is 1. The Kier molecular flexibility index (Phi) is 8.28. The van der Waals surface area contributed by atoms with Crippen molar-refractivity contribution < 1.29 is 14.3 Å². The molecule has 0 spiro atoms. The summed E-state index contributed by atoms with van der Waals surface area (Å²) in [5, 5.41) is 3.37. The summed E-state index contributed by atoms with van der Waals surface area (Å²) in [5.74, 6) is 0.721. The van der Waals surface area contributed by atoms with Crippen molar-refractivity contribution in [1.82, 2.24) is 5.32 Å². The normalized spacial score (nSPS) is 11.3. The Bertz CT molecular complexity index is 463. The highest BCUT2D eigenvalue weighted by molar-refractivity contribution is 6.32. The first kappa shape index (κ1) is 18.8. The van der Waals surface area contributed by atoms with Gasteiger partial charge in [0.1, 0.15) is 5.75 Å². The molecular weight excluding hydrogens is 302 g/mol. The van der Waals surface area contributed by atoms with Crippen LogP contribution in [0.1, 0.15) is 32.3 Å². The summed E-state index contributed by atoms with van der Waals surface area (Å²) in [5.41, 5.74) is 1.24. The number of rotatable bonds is 11. The Hall–Kier alpha value is -1.26. The molecule has 0 aromatic heterocycles. The molecule has 0 fully saturated rings. The summed E-state index contributed by atoms with van der Waals surface area (Å²) in [6.07, 6.45) is 3.47. The number of carbonyl (C=O) groups excluding carboxylic acids is 1. The number of carbonyl (C=O) groups is 1. The quantitative estimate of drug-likeness (QED) is 0.500. The minimum atomic E-state index is 0.0556. The van der Waals surface area contributed by atoms with Crippen LogP contribution in [0.25, 0.3) is 0 Å². The van der Waals surface area contributed by atoms with E-state index < -0.39 is 0 Å². The van der Waals surface area contributed by atoms with Crippen molar-refractivity contribution in [2.24, 2.45) is 5.41 Å². The number of amides is 1. The van der Waals surface area contributed by atoms with Gasteiger partial charge in [-0.15, -0.1) is 0 Å². The van der Waals surface area contributed by atoms with Gasteiger partial charge in [0.15, 0.2) is 0 Å². The molecule has 0 aliphatic carbocycles. The van der Waals surface area contributed by atoms with Crippen LogP contribution in [0.4, 0.5) is 0 Å². The van der Waals surface area contributed by atoms with Gasteiger partial charge in [0.05, 0.1) is 11.6 Å². The molecule has 0 atom stereocenters. The summed E-state index contributed by atoms with van der Waals surface area (Å²) in [7, 11) is 1.68. The number of methoxy groups -OCH3 is 1. The Morgan fingerprint density at radius 1 is 1.32 bits per heavy atom. The van der Waals surface area contributed by atoms with Crippen LogP contribution in [0, 0.1) is 5.41 Å². The Balaban J connectivity index is 2.55. The lowest BCUT2D eigenvalue weighted by molar-refractivity contribution is -0.109.